The minimum absolute atomic E-state index is 0. The van der Waals surface area contributed by atoms with E-state index in [0.29, 0.717) is 12.0 Å². The molecular formula is C41H54FeOP2. The molecule has 2 unspecified atom stereocenters. The van der Waals surface area contributed by atoms with Crippen molar-refractivity contribution in [1.29, 1.82) is 0 Å². The summed E-state index contributed by atoms with van der Waals surface area (Å²) in [6.45, 7) is 5.38. The summed E-state index contributed by atoms with van der Waals surface area (Å²) in [7, 11) is -0.471. The molecule has 1 nitrogen and oxygen atoms in total. The summed E-state index contributed by atoms with van der Waals surface area (Å²) in [4.78, 5) is 0. The second kappa shape index (κ2) is 21.2. The van der Waals surface area contributed by atoms with Crippen molar-refractivity contribution in [3.63, 3.8) is 0 Å². The summed E-state index contributed by atoms with van der Waals surface area (Å²) in [5.41, 5.74) is 1.63. The fourth-order valence-corrected chi connectivity index (χ4v) is 13.2. The summed E-state index contributed by atoms with van der Waals surface area (Å²) in [6.07, 6.45) is 11.1. The van der Waals surface area contributed by atoms with Crippen LogP contribution < -0.4 is 21.2 Å². The molecule has 0 bridgehead atoms. The monoisotopic (exact) mass is 680 g/mol. The molecular weight excluding hydrogens is 626 g/mol. The largest absolute Gasteiger partial charge is 2.00 e. The van der Waals surface area contributed by atoms with Gasteiger partial charge in [-0.05, 0) is 93.3 Å². The molecule has 4 heteroatoms. The van der Waals surface area contributed by atoms with Gasteiger partial charge >= 0.3 is 17.1 Å². The SMILES string of the molecule is CCCO[C@H](C)C1CCCC1P(c1ccccc1)c1ccccc1.[CH3-].[CH3-].[Fe+2].c1ccc(P(c2ccccc2)C2CCCC2)cc1. The molecule has 4 aromatic carbocycles. The number of rotatable bonds is 10. The van der Waals surface area contributed by atoms with Crippen molar-refractivity contribution in [2.75, 3.05) is 6.61 Å². The Kier molecular flexibility index (Phi) is 18.5. The Labute approximate surface area is 289 Å². The third-order valence-corrected chi connectivity index (χ3v) is 14.8. The van der Waals surface area contributed by atoms with Gasteiger partial charge in [0.2, 0.25) is 0 Å². The van der Waals surface area contributed by atoms with Crippen LogP contribution in [0.3, 0.4) is 0 Å². The average molecular weight is 681 g/mol. The Morgan fingerprint density at radius 2 is 0.978 bits per heavy atom. The minimum atomic E-state index is -0.319. The molecule has 45 heavy (non-hydrogen) atoms. The zero-order valence-corrected chi connectivity index (χ0v) is 30.8. The Bertz CT molecular complexity index is 1200. The second-order valence-corrected chi connectivity index (χ2v) is 16.7. The molecule has 0 radical (unpaired) electrons. The van der Waals surface area contributed by atoms with Gasteiger partial charge in [-0.2, -0.15) is 0 Å². The maximum Gasteiger partial charge on any atom is 2.00 e. The molecule has 3 atom stereocenters. The fraction of sp³-hybridized carbons (Fsp3) is 0.366. The van der Waals surface area contributed by atoms with E-state index in [-0.39, 0.29) is 47.8 Å². The number of hydrogen-bond acceptors (Lipinski definition) is 1. The second-order valence-electron chi connectivity index (χ2n) is 11.8. The molecule has 0 N–H and O–H groups in total. The molecule has 2 saturated carbocycles. The minimum Gasteiger partial charge on any atom is -0.378 e. The van der Waals surface area contributed by atoms with Crippen LogP contribution in [0.25, 0.3) is 0 Å². The smallest absolute Gasteiger partial charge is 0.378 e. The van der Waals surface area contributed by atoms with Crippen LogP contribution in [0, 0.1) is 20.8 Å². The van der Waals surface area contributed by atoms with Crippen LogP contribution in [-0.2, 0) is 21.8 Å². The van der Waals surface area contributed by atoms with Gasteiger partial charge in [0.1, 0.15) is 0 Å². The number of ether oxygens (including phenoxy) is 1. The van der Waals surface area contributed by atoms with Crippen LogP contribution in [0.5, 0.6) is 0 Å². The van der Waals surface area contributed by atoms with Crippen molar-refractivity contribution in [2.24, 2.45) is 5.92 Å². The molecule has 242 valence electrons. The first kappa shape index (κ1) is 39.4. The predicted molar refractivity (Wildman–Crippen MR) is 200 cm³/mol. The zero-order valence-electron chi connectivity index (χ0n) is 27.9. The molecule has 0 heterocycles. The third-order valence-electron chi connectivity index (χ3n) is 8.88. The molecule has 0 aliphatic heterocycles. The van der Waals surface area contributed by atoms with Crippen molar-refractivity contribution >= 4 is 37.1 Å². The van der Waals surface area contributed by atoms with E-state index in [2.05, 4.69) is 135 Å². The fourth-order valence-electron chi connectivity index (χ4n) is 6.88. The number of hydrogen-bond donors (Lipinski definition) is 0. The van der Waals surface area contributed by atoms with Gasteiger partial charge in [-0.1, -0.05) is 148 Å². The molecule has 0 amide bonds. The molecule has 6 rings (SSSR count). The summed E-state index contributed by atoms with van der Waals surface area (Å²) in [5, 5.41) is 6.12. The van der Waals surface area contributed by atoms with Crippen LogP contribution in [-0.4, -0.2) is 24.0 Å². The van der Waals surface area contributed by atoms with Gasteiger partial charge in [0.15, 0.2) is 0 Å². The van der Waals surface area contributed by atoms with E-state index >= 15 is 0 Å². The van der Waals surface area contributed by atoms with Crippen LogP contribution in [0.1, 0.15) is 65.2 Å². The van der Waals surface area contributed by atoms with Crippen LogP contribution in [0.2, 0.25) is 0 Å². The van der Waals surface area contributed by atoms with E-state index in [1.54, 1.807) is 10.6 Å². The standard InChI is InChI=1S/C22H29OP.C17H19P.2CH3.Fe/c1-3-17-23-18(2)21-15-10-16-22(21)24(19-11-6-4-7-12-19)20-13-8-5-9-14-20;1-3-9-15(10-4-1)18(17-13-7-8-14-17)16-11-5-2-6-12-16;;;/h4-9,11-14,18,21-22H,3,10,15-17H2,1-2H3;1-6,9-12,17H,7-8,13-14H2;2*1H3;/q;;2*-1;+2/t18-,21?,22?;;;;/m1..../s1. The molecule has 0 spiro atoms. The maximum atomic E-state index is 6.14. The molecule has 2 fully saturated rings. The van der Waals surface area contributed by atoms with Crippen molar-refractivity contribution in [1.82, 2.24) is 0 Å². The van der Waals surface area contributed by atoms with Crippen molar-refractivity contribution < 1.29 is 21.8 Å². The predicted octanol–water partition coefficient (Wildman–Crippen LogP) is 10.1. The summed E-state index contributed by atoms with van der Waals surface area (Å²) in [5.74, 6) is 0.683. The summed E-state index contributed by atoms with van der Waals surface area (Å²) < 4.78 is 6.14. The molecule has 0 saturated heterocycles. The summed E-state index contributed by atoms with van der Waals surface area (Å²) >= 11 is 0. The van der Waals surface area contributed by atoms with Gasteiger partial charge in [0.25, 0.3) is 0 Å². The van der Waals surface area contributed by atoms with Crippen molar-refractivity contribution in [2.45, 2.75) is 82.6 Å². The van der Waals surface area contributed by atoms with Gasteiger partial charge < -0.3 is 19.6 Å². The van der Waals surface area contributed by atoms with E-state index in [4.69, 9.17) is 4.74 Å². The van der Waals surface area contributed by atoms with Crippen molar-refractivity contribution in [3.8, 4) is 0 Å². The first-order valence-corrected chi connectivity index (χ1v) is 19.0. The average Bonchev–Trinajstić information content (AvgIpc) is 3.76. The first-order chi connectivity index (χ1) is 20.8. The quantitative estimate of drug-likeness (QED) is 0.0921. The van der Waals surface area contributed by atoms with E-state index in [1.165, 1.54) is 55.6 Å². The Morgan fingerprint density at radius 3 is 1.38 bits per heavy atom. The third kappa shape index (κ3) is 10.9. The molecule has 4 aromatic rings. The zero-order chi connectivity index (χ0) is 29.0. The molecule has 2 aliphatic rings. The Morgan fingerprint density at radius 1 is 0.578 bits per heavy atom. The van der Waals surface area contributed by atoms with Gasteiger partial charge in [-0.25, -0.2) is 0 Å². The van der Waals surface area contributed by atoms with Crippen LogP contribution in [0.15, 0.2) is 121 Å². The van der Waals surface area contributed by atoms with E-state index in [0.717, 1.165) is 24.3 Å². The Hall–Kier alpha value is -1.78. The Balaban J connectivity index is 0.000000303. The summed E-state index contributed by atoms with van der Waals surface area (Å²) in [6, 6.07) is 44.6. The van der Waals surface area contributed by atoms with Crippen molar-refractivity contribution in [3.05, 3.63) is 136 Å². The van der Waals surface area contributed by atoms with Crippen LogP contribution >= 0.6 is 15.8 Å². The normalized spacial score (nSPS) is 18.2. The first-order valence-electron chi connectivity index (χ1n) is 16.2. The maximum absolute atomic E-state index is 6.14. The number of benzene rings is 4. The van der Waals surface area contributed by atoms with Gasteiger partial charge in [0.05, 0.1) is 6.10 Å². The van der Waals surface area contributed by atoms with Crippen LogP contribution in [0.4, 0.5) is 0 Å². The van der Waals surface area contributed by atoms with Gasteiger partial charge in [-0.3, -0.25) is 0 Å². The van der Waals surface area contributed by atoms with E-state index in [9.17, 15) is 0 Å². The van der Waals surface area contributed by atoms with Gasteiger partial charge in [0, 0.05) is 6.61 Å². The molecule has 2 aliphatic carbocycles. The topological polar surface area (TPSA) is 9.23 Å². The van der Waals surface area contributed by atoms with Gasteiger partial charge in [-0.15, -0.1) is 0 Å². The van der Waals surface area contributed by atoms with E-state index in [1.807, 2.05) is 0 Å². The van der Waals surface area contributed by atoms with E-state index < -0.39 is 0 Å². The molecule has 0 aromatic heterocycles.